The van der Waals surface area contributed by atoms with E-state index in [1.165, 1.54) is 8.80 Å². The molecule has 0 aliphatic carbocycles. The van der Waals surface area contributed by atoms with Gasteiger partial charge in [-0.25, -0.2) is 13.8 Å². The number of aromatic nitrogens is 6. The van der Waals surface area contributed by atoms with E-state index >= 15 is 0 Å². The summed E-state index contributed by atoms with van der Waals surface area (Å²) in [7, 11) is 0. The zero-order valence-corrected chi connectivity index (χ0v) is 10.7. The number of fused-ring (bicyclic) bond motifs is 3. The summed E-state index contributed by atoms with van der Waals surface area (Å²) >= 11 is 0. The molecule has 0 aliphatic rings. The minimum absolute atomic E-state index is 0.0179. The van der Waals surface area contributed by atoms with Crippen molar-refractivity contribution in [1.82, 2.24) is 29.0 Å². The summed E-state index contributed by atoms with van der Waals surface area (Å²) in [5.74, 6) is 0.495. The largest absolute Gasteiger partial charge is 0.369 e. The second kappa shape index (κ2) is 4.13. The van der Waals surface area contributed by atoms with Crippen LogP contribution in [0.4, 0.5) is 11.9 Å². The smallest absolute Gasteiger partial charge is 0.265 e. The molecule has 0 amide bonds. The molecule has 0 atom stereocenters. The molecule has 0 bridgehead atoms. The lowest BCUT2D eigenvalue weighted by molar-refractivity contribution is 0.857. The number of nitrogens with zero attached hydrogens (tertiary/aromatic N) is 6. The van der Waals surface area contributed by atoms with Crippen LogP contribution in [-0.2, 0) is 6.42 Å². The molecule has 0 unspecified atom stereocenters. The molecule has 0 spiro atoms. The van der Waals surface area contributed by atoms with Gasteiger partial charge in [-0.3, -0.25) is 4.79 Å². The quantitative estimate of drug-likeness (QED) is 0.490. The third-order valence-corrected chi connectivity index (χ3v) is 3.07. The molecule has 3 heterocycles. The Balaban J connectivity index is 2.56. The van der Waals surface area contributed by atoms with Crippen molar-refractivity contribution in [2.75, 3.05) is 18.0 Å². The Hall–Kier alpha value is -2.75. The number of hydrogen-bond acceptors (Lipinski definition) is 8. The first-order valence-corrected chi connectivity index (χ1v) is 5.93. The summed E-state index contributed by atoms with van der Waals surface area (Å²) in [6.07, 6.45) is 0.412. The topological polar surface area (TPSA) is 156 Å². The van der Waals surface area contributed by atoms with E-state index in [4.69, 9.17) is 17.2 Å². The highest BCUT2D eigenvalue weighted by Crippen LogP contribution is 2.12. The van der Waals surface area contributed by atoms with Crippen molar-refractivity contribution >= 4 is 23.5 Å². The molecule has 6 N–H and O–H groups in total. The van der Waals surface area contributed by atoms with E-state index in [2.05, 4.69) is 20.2 Å². The van der Waals surface area contributed by atoms with Gasteiger partial charge < -0.3 is 17.2 Å². The van der Waals surface area contributed by atoms with Crippen molar-refractivity contribution in [3.8, 4) is 0 Å². The Morgan fingerprint density at radius 1 is 1.10 bits per heavy atom. The molecule has 0 aliphatic heterocycles. The maximum Gasteiger partial charge on any atom is 0.265 e. The standard InChI is InChI=1S/C10H13N9O/c1-4-5(2-3-11)6(20)18-7(12)15-9-17-16-8(13)19(9)10(18)14-4/h2-3,11H2,1H3,(H2,13,16)(H2,12,15,17). The summed E-state index contributed by atoms with van der Waals surface area (Å²) < 4.78 is 2.56. The Morgan fingerprint density at radius 3 is 2.55 bits per heavy atom. The van der Waals surface area contributed by atoms with Gasteiger partial charge in [0, 0.05) is 5.56 Å². The van der Waals surface area contributed by atoms with Crippen LogP contribution in [0.15, 0.2) is 4.79 Å². The highest BCUT2D eigenvalue weighted by atomic mass is 16.1. The number of anilines is 2. The zero-order valence-electron chi connectivity index (χ0n) is 10.7. The summed E-state index contributed by atoms with van der Waals surface area (Å²) in [6.45, 7) is 2.07. The minimum atomic E-state index is -0.307. The van der Waals surface area contributed by atoms with Crippen LogP contribution in [0.3, 0.4) is 0 Å². The highest BCUT2D eigenvalue weighted by Gasteiger charge is 2.17. The van der Waals surface area contributed by atoms with Crippen LogP contribution in [-0.4, -0.2) is 35.5 Å². The molecule has 0 fully saturated rings. The zero-order chi connectivity index (χ0) is 14.4. The van der Waals surface area contributed by atoms with E-state index in [1.807, 2.05) is 0 Å². The van der Waals surface area contributed by atoms with E-state index < -0.39 is 0 Å². The SMILES string of the molecule is Cc1nc2n(c(N)nc3nnc(N)n32)c(=O)c1CCN. The van der Waals surface area contributed by atoms with Crippen LogP contribution in [0.5, 0.6) is 0 Å². The third kappa shape index (κ3) is 1.51. The van der Waals surface area contributed by atoms with E-state index in [-0.39, 0.29) is 29.0 Å². The van der Waals surface area contributed by atoms with Crippen LogP contribution in [0.2, 0.25) is 0 Å². The van der Waals surface area contributed by atoms with Crippen molar-refractivity contribution in [2.24, 2.45) is 5.73 Å². The minimum Gasteiger partial charge on any atom is -0.369 e. The van der Waals surface area contributed by atoms with Gasteiger partial charge in [0.1, 0.15) is 0 Å². The molecular weight excluding hydrogens is 262 g/mol. The van der Waals surface area contributed by atoms with E-state index in [0.29, 0.717) is 24.2 Å². The summed E-state index contributed by atoms with van der Waals surface area (Å²) in [4.78, 5) is 20.9. The van der Waals surface area contributed by atoms with E-state index in [1.54, 1.807) is 6.92 Å². The Bertz CT molecular complexity index is 878. The Labute approximate surface area is 112 Å². The summed E-state index contributed by atoms with van der Waals surface area (Å²) in [5.41, 5.74) is 17.8. The molecule has 104 valence electrons. The van der Waals surface area contributed by atoms with Crippen molar-refractivity contribution in [2.45, 2.75) is 13.3 Å². The number of rotatable bonds is 2. The molecule has 10 heteroatoms. The van der Waals surface area contributed by atoms with Gasteiger partial charge in [-0.05, 0) is 19.9 Å². The lowest BCUT2D eigenvalue weighted by Gasteiger charge is -2.10. The lowest BCUT2D eigenvalue weighted by Crippen LogP contribution is -2.27. The van der Waals surface area contributed by atoms with Crippen molar-refractivity contribution in [3.05, 3.63) is 21.6 Å². The maximum absolute atomic E-state index is 12.5. The van der Waals surface area contributed by atoms with Crippen LogP contribution < -0.4 is 22.8 Å². The summed E-state index contributed by atoms with van der Waals surface area (Å²) in [6, 6.07) is 0. The van der Waals surface area contributed by atoms with Crippen molar-refractivity contribution < 1.29 is 0 Å². The van der Waals surface area contributed by atoms with Crippen LogP contribution in [0, 0.1) is 6.92 Å². The predicted octanol–water partition coefficient (Wildman–Crippen LogP) is -1.89. The molecule has 0 saturated carbocycles. The predicted molar refractivity (Wildman–Crippen MR) is 72.1 cm³/mol. The summed E-state index contributed by atoms with van der Waals surface area (Å²) in [5, 5.41) is 7.47. The Kier molecular flexibility index (Phi) is 2.54. The molecule has 3 aromatic heterocycles. The van der Waals surface area contributed by atoms with Crippen molar-refractivity contribution in [1.29, 1.82) is 0 Å². The normalized spacial score (nSPS) is 11.5. The lowest BCUT2D eigenvalue weighted by atomic mass is 10.2. The average Bonchev–Trinajstić information content (AvgIpc) is 2.75. The van der Waals surface area contributed by atoms with Gasteiger partial charge in [0.25, 0.3) is 11.3 Å². The Morgan fingerprint density at radius 2 is 1.85 bits per heavy atom. The first-order chi connectivity index (χ1) is 9.54. The molecule has 0 radical (unpaired) electrons. The maximum atomic E-state index is 12.5. The van der Waals surface area contributed by atoms with Gasteiger partial charge in [-0.15, -0.1) is 10.2 Å². The van der Waals surface area contributed by atoms with Gasteiger partial charge in [0.05, 0.1) is 5.69 Å². The van der Waals surface area contributed by atoms with Gasteiger partial charge in [0.15, 0.2) is 0 Å². The molecule has 3 rings (SSSR count). The molecule has 3 aromatic rings. The fourth-order valence-corrected chi connectivity index (χ4v) is 2.14. The second-order valence-electron chi connectivity index (χ2n) is 4.32. The fourth-order valence-electron chi connectivity index (χ4n) is 2.14. The monoisotopic (exact) mass is 275 g/mol. The fraction of sp³-hybridized carbons (Fsp3) is 0.300. The van der Waals surface area contributed by atoms with Crippen LogP contribution in [0.1, 0.15) is 11.3 Å². The number of hydrogen-bond donors (Lipinski definition) is 3. The van der Waals surface area contributed by atoms with Crippen LogP contribution in [0.25, 0.3) is 11.6 Å². The van der Waals surface area contributed by atoms with Gasteiger partial charge in [0.2, 0.25) is 17.7 Å². The first kappa shape index (κ1) is 12.3. The van der Waals surface area contributed by atoms with Crippen LogP contribution >= 0.6 is 0 Å². The number of aryl methyl sites for hydroxylation is 1. The van der Waals surface area contributed by atoms with Crippen molar-refractivity contribution in [3.63, 3.8) is 0 Å². The molecule has 20 heavy (non-hydrogen) atoms. The molecule has 0 aromatic carbocycles. The second-order valence-corrected chi connectivity index (χ2v) is 4.32. The van der Waals surface area contributed by atoms with E-state index in [0.717, 1.165) is 0 Å². The van der Waals surface area contributed by atoms with Gasteiger partial charge in [-0.1, -0.05) is 0 Å². The number of nitrogens with two attached hydrogens (primary N) is 3. The molecule has 10 nitrogen and oxygen atoms in total. The van der Waals surface area contributed by atoms with Gasteiger partial charge >= 0.3 is 0 Å². The molecular formula is C10H13N9O. The average molecular weight is 275 g/mol. The first-order valence-electron chi connectivity index (χ1n) is 5.93. The number of nitrogen functional groups attached to an aromatic ring is 2. The highest BCUT2D eigenvalue weighted by molar-refractivity contribution is 5.52. The van der Waals surface area contributed by atoms with E-state index in [9.17, 15) is 4.79 Å². The molecule has 0 saturated heterocycles. The third-order valence-electron chi connectivity index (χ3n) is 3.07. The van der Waals surface area contributed by atoms with Gasteiger partial charge in [-0.2, -0.15) is 4.98 Å².